The summed E-state index contributed by atoms with van der Waals surface area (Å²) in [5, 5.41) is 9.67. The molecule has 0 spiro atoms. The van der Waals surface area contributed by atoms with Crippen molar-refractivity contribution in [3.8, 4) is 11.1 Å². The van der Waals surface area contributed by atoms with Gasteiger partial charge in [0.05, 0.1) is 6.20 Å². The zero-order valence-electron chi connectivity index (χ0n) is 21.5. The predicted octanol–water partition coefficient (Wildman–Crippen LogP) is 6.86. The second-order valence-electron chi connectivity index (χ2n) is 8.77. The third-order valence-corrected chi connectivity index (χ3v) is 6.40. The second kappa shape index (κ2) is 11.8. The maximum Gasteiger partial charge on any atom is 0.251 e. The number of benzene rings is 2. The summed E-state index contributed by atoms with van der Waals surface area (Å²) in [6.45, 7) is 6.32. The van der Waals surface area contributed by atoms with Crippen molar-refractivity contribution in [2.75, 3.05) is 17.7 Å². The summed E-state index contributed by atoms with van der Waals surface area (Å²) in [5.41, 5.74) is 7.20. The van der Waals surface area contributed by atoms with E-state index in [9.17, 15) is 4.79 Å². The summed E-state index contributed by atoms with van der Waals surface area (Å²) in [6, 6.07) is 15.9. The molecule has 0 aliphatic rings. The quantitative estimate of drug-likeness (QED) is 0.226. The number of hydrogen-bond donors (Lipinski definition) is 3. The van der Waals surface area contributed by atoms with E-state index in [1.807, 2.05) is 36.4 Å². The Hall–Kier alpha value is -3.97. The van der Waals surface area contributed by atoms with Crippen LogP contribution in [0.25, 0.3) is 11.1 Å². The monoisotopic (exact) mass is 514 g/mol. The lowest BCUT2D eigenvalue weighted by atomic mass is 9.94. The summed E-state index contributed by atoms with van der Waals surface area (Å²) in [6.07, 6.45) is 6.13. The molecular weight excluding hydrogens is 484 g/mol. The smallest absolute Gasteiger partial charge is 0.251 e. The van der Waals surface area contributed by atoms with Crippen LogP contribution in [0.2, 0.25) is 5.02 Å². The fraction of sp³-hybridized carbons (Fsp3) is 0.241. The van der Waals surface area contributed by atoms with E-state index < -0.39 is 0 Å². The number of halogens is 1. The lowest BCUT2D eigenvalue weighted by Gasteiger charge is -2.16. The third kappa shape index (κ3) is 6.24. The average Bonchev–Trinajstić information content (AvgIpc) is 2.92. The van der Waals surface area contributed by atoms with E-state index in [4.69, 9.17) is 11.6 Å². The number of amides is 1. The van der Waals surface area contributed by atoms with Crippen molar-refractivity contribution in [2.45, 2.75) is 40.0 Å². The van der Waals surface area contributed by atoms with E-state index in [1.165, 1.54) is 5.56 Å². The van der Waals surface area contributed by atoms with Crippen molar-refractivity contribution >= 4 is 40.8 Å². The molecule has 0 fully saturated rings. The zero-order valence-corrected chi connectivity index (χ0v) is 22.3. The molecule has 0 aliphatic carbocycles. The first-order valence-corrected chi connectivity index (χ1v) is 12.8. The Labute approximate surface area is 222 Å². The van der Waals surface area contributed by atoms with Gasteiger partial charge in [0, 0.05) is 24.5 Å². The molecule has 0 aliphatic heterocycles. The molecule has 3 N–H and O–H groups in total. The first kappa shape index (κ1) is 26.1. The molecule has 4 aromatic rings. The number of anilines is 4. The van der Waals surface area contributed by atoms with Crippen molar-refractivity contribution in [3.63, 3.8) is 0 Å². The van der Waals surface area contributed by atoms with Gasteiger partial charge in [0.25, 0.3) is 5.91 Å². The minimum absolute atomic E-state index is 0.0971. The molecule has 0 saturated heterocycles. The molecule has 0 bridgehead atoms. The van der Waals surface area contributed by atoms with Crippen molar-refractivity contribution < 1.29 is 4.79 Å². The van der Waals surface area contributed by atoms with Crippen LogP contribution in [0.4, 0.5) is 23.3 Å². The van der Waals surface area contributed by atoms with Gasteiger partial charge >= 0.3 is 0 Å². The lowest BCUT2D eigenvalue weighted by molar-refractivity contribution is 0.0963. The molecule has 1 amide bonds. The van der Waals surface area contributed by atoms with Gasteiger partial charge in [0.15, 0.2) is 5.82 Å². The number of carbonyl (C=O) groups is 1. The van der Waals surface area contributed by atoms with Gasteiger partial charge in [-0.15, -0.1) is 0 Å². The highest BCUT2D eigenvalue weighted by Gasteiger charge is 2.13. The summed E-state index contributed by atoms with van der Waals surface area (Å²) >= 11 is 6.39. The van der Waals surface area contributed by atoms with Crippen LogP contribution < -0.4 is 16.0 Å². The van der Waals surface area contributed by atoms with Crippen LogP contribution in [0.15, 0.2) is 60.9 Å². The Kier molecular flexibility index (Phi) is 8.36. The number of carbonyl (C=O) groups excluding carboxylic acids is 1. The van der Waals surface area contributed by atoms with Gasteiger partial charge < -0.3 is 16.0 Å². The Bertz CT molecular complexity index is 1400. The zero-order chi connectivity index (χ0) is 26.4. The van der Waals surface area contributed by atoms with Gasteiger partial charge in [-0.2, -0.15) is 4.98 Å². The lowest BCUT2D eigenvalue weighted by Crippen LogP contribution is -2.17. The van der Waals surface area contributed by atoms with Gasteiger partial charge in [0.2, 0.25) is 5.95 Å². The molecule has 0 saturated carbocycles. The number of aromatic nitrogens is 3. The summed E-state index contributed by atoms with van der Waals surface area (Å²) in [5.74, 6) is 1.51. The molecule has 2 heterocycles. The maximum absolute atomic E-state index is 11.9. The average molecular weight is 515 g/mol. The van der Waals surface area contributed by atoms with Crippen molar-refractivity contribution in [2.24, 2.45) is 0 Å². The fourth-order valence-corrected chi connectivity index (χ4v) is 4.26. The van der Waals surface area contributed by atoms with Crippen LogP contribution in [0.3, 0.4) is 0 Å². The van der Waals surface area contributed by atoms with Gasteiger partial charge in [0.1, 0.15) is 10.8 Å². The predicted molar refractivity (Wildman–Crippen MR) is 151 cm³/mol. The highest BCUT2D eigenvalue weighted by molar-refractivity contribution is 6.32. The Morgan fingerprint density at radius 3 is 2.49 bits per heavy atom. The minimum Gasteiger partial charge on any atom is -0.355 e. The molecule has 4 rings (SSSR count). The molecule has 2 aromatic carbocycles. The van der Waals surface area contributed by atoms with Gasteiger partial charge in [-0.1, -0.05) is 44.0 Å². The first-order valence-electron chi connectivity index (χ1n) is 12.4. The molecule has 0 radical (unpaired) electrons. The molecular formula is C29H31ClN6O. The summed E-state index contributed by atoms with van der Waals surface area (Å²) in [7, 11) is 1.63. The molecule has 8 heteroatoms. The number of rotatable bonds is 9. The Balaban J connectivity index is 1.62. The van der Waals surface area contributed by atoms with E-state index in [-0.39, 0.29) is 5.91 Å². The van der Waals surface area contributed by atoms with E-state index >= 15 is 0 Å². The van der Waals surface area contributed by atoms with Gasteiger partial charge in [-0.25, -0.2) is 9.97 Å². The molecule has 190 valence electrons. The molecule has 37 heavy (non-hydrogen) atoms. The number of pyridine rings is 1. The normalized spacial score (nSPS) is 10.7. The number of nitrogens with one attached hydrogen (secondary N) is 3. The van der Waals surface area contributed by atoms with Crippen LogP contribution >= 0.6 is 11.6 Å². The maximum atomic E-state index is 11.9. The SMILES string of the molecule is CCCc1cc(-c2ccc(C(=O)NC)cc2)c(C)cc1Nc1ncc(Cl)c(Nc2cc(CC)ccn2)n1. The van der Waals surface area contributed by atoms with E-state index in [2.05, 4.69) is 63.8 Å². The molecule has 2 aromatic heterocycles. The fourth-order valence-electron chi connectivity index (χ4n) is 4.12. The molecule has 0 atom stereocenters. The van der Waals surface area contributed by atoms with Crippen LogP contribution in [-0.4, -0.2) is 27.9 Å². The van der Waals surface area contributed by atoms with Crippen molar-refractivity contribution in [1.29, 1.82) is 0 Å². The highest BCUT2D eigenvalue weighted by Crippen LogP contribution is 2.32. The second-order valence-corrected chi connectivity index (χ2v) is 9.18. The van der Waals surface area contributed by atoms with Crippen LogP contribution in [-0.2, 0) is 12.8 Å². The van der Waals surface area contributed by atoms with Crippen LogP contribution in [0.5, 0.6) is 0 Å². The third-order valence-electron chi connectivity index (χ3n) is 6.12. The summed E-state index contributed by atoms with van der Waals surface area (Å²) in [4.78, 5) is 25.3. The van der Waals surface area contributed by atoms with Crippen molar-refractivity contribution in [3.05, 3.63) is 88.2 Å². The standard InChI is InChI=1S/C29H31ClN6O/c1-5-7-22-16-23(20-8-10-21(11-9-20)28(37)31-4)18(3)14-25(22)34-29-33-17-24(30)27(36-29)35-26-15-19(6-2)12-13-32-26/h8-17H,5-7H2,1-4H3,(H,31,37)(H2,32,33,34,35,36). The van der Waals surface area contributed by atoms with E-state index in [0.717, 1.165) is 47.2 Å². The Morgan fingerprint density at radius 2 is 1.78 bits per heavy atom. The van der Waals surface area contributed by atoms with E-state index in [0.29, 0.717) is 28.2 Å². The highest BCUT2D eigenvalue weighted by atomic mass is 35.5. The van der Waals surface area contributed by atoms with Crippen LogP contribution in [0.1, 0.15) is 47.3 Å². The van der Waals surface area contributed by atoms with Gasteiger partial charge in [-0.05, 0) is 84.0 Å². The van der Waals surface area contributed by atoms with Crippen molar-refractivity contribution in [1.82, 2.24) is 20.3 Å². The largest absolute Gasteiger partial charge is 0.355 e. The number of aryl methyl sites for hydroxylation is 3. The first-order chi connectivity index (χ1) is 17.9. The Morgan fingerprint density at radius 1 is 1.00 bits per heavy atom. The summed E-state index contributed by atoms with van der Waals surface area (Å²) < 4.78 is 0. The topological polar surface area (TPSA) is 91.8 Å². The van der Waals surface area contributed by atoms with Gasteiger partial charge in [-0.3, -0.25) is 4.79 Å². The number of nitrogens with zero attached hydrogens (tertiary/aromatic N) is 3. The molecule has 0 unspecified atom stereocenters. The minimum atomic E-state index is -0.0971. The van der Waals surface area contributed by atoms with Crippen LogP contribution in [0, 0.1) is 6.92 Å². The van der Waals surface area contributed by atoms with E-state index in [1.54, 1.807) is 19.4 Å². The number of hydrogen-bond acceptors (Lipinski definition) is 6. The molecule has 7 nitrogen and oxygen atoms in total.